The molecule has 1 atom stereocenters. The van der Waals surface area contributed by atoms with E-state index in [0.717, 1.165) is 12.1 Å². The van der Waals surface area contributed by atoms with E-state index in [0.29, 0.717) is 46.9 Å². The summed E-state index contributed by atoms with van der Waals surface area (Å²) in [6.45, 7) is 4.12. The number of amides is 4. The molecule has 0 radical (unpaired) electrons. The van der Waals surface area contributed by atoms with Gasteiger partial charge in [-0.25, -0.2) is 4.79 Å². The molecule has 3 aromatic rings. The number of carbonyl (C=O) groups excluding carboxylic acids is 3. The number of benzene rings is 1. The molecular formula is C26H29N7O5. The fourth-order valence-electron chi connectivity index (χ4n) is 4.85. The molecule has 0 bridgehead atoms. The van der Waals surface area contributed by atoms with E-state index in [-0.39, 0.29) is 24.8 Å². The van der Waals surface area contributed by atoms with Crippen molar-refractivity contribution < 1.29 is 23.5 Å². The number of amidine groups is 1. The van der Waals surface area contributed by atoms with Crippen molar-refractivity contribution in [1.29, 1.82) is 5.41 Å². The van der Waals surface area contributed by atoms with Crippen molar-refractivity contribution in [3.8, 4) is 5.75 Å². The van der Waals surface area contributed by atoms with Crippen molar-refractivity contribution in [2.45, 2.75) is 19.0 Å². The normalized spacial score (nSPS) is 18.5. The lowest BCUT2D eigenvalue weighted by molar-refractivity contribution is -0.125. The van der Waals surface area contributed by atoms with Crippen molar-refractivity contribution in [3.05, 3.63) is 59.0 Å². The van der Waals surface area contributed by atoms with Crippen molar-refractivity contribution in [3.63, 3.8) is 0 Å². The van der Waals surface area contributed by atoms with E-state index in [1.807, 2.05) is 24.9 Å². The zero-order valence-electron chi connectivity index (χ0n) is 21.4. The number of nitrogens with one attached hydrogen (secondary N) is 4. The summed E-state index contributed by atoms with van der Waals surface area (Å²) in [5.74, 6) is 0.0971. The lowest BCUT2D eigenvalue weighted by Crippen LogP contribution is -2.52. The molecule has 0 unspecified atom stereocenters. The van der Waals surface area contributed by atoms with E-state index in [2.05, 4.69) is 20.9 Å². The first-order valence-corrected chi connectivity index (χ1v) is 12.3. The number of aromatic nitrogens is 1. The van der Waals surface area contributed by atoms with Crippen LogP contribution in [0.25, 0.3) is 11.1 Å². The quantitative estimate of drug-likeness (QED) is 0.188. The second-order valence-corrected chi connectivity index (χ2v) is 9.25. The Kier molecular flexibility index (Phi) is 6.49. The molecule has 2 aliphatic rings. The van der Waals surface area contributed by atoms with Crippen molar-refractivity contribution in [2.24, 2.45) is 0 Å². The number of likely N-dealkylation sites (N-methyl/N-ethyl adjacent to an activating group) is 2. The highest BCUT2D eigenvalue weighted by Gasteiger charge is 2.53. The SMILES string of the molecule is CCN(CCNC)C(=N)c1cnc2cc([C@]3(CN4Cc5ccc(OC)cc5C4=O)NC(=O)NC3=O)oc2c1. The monoisotopic (exact) mass is 519 g/mol. The average molecular weight is 520 g/mol. The maximum atomic E-state index is 13.2. The third kappa shape index (κ3) is 4.22. The number of imide groups is 1. The number of urea groups is 1. The number of rotatable bonds is 9. The Morgan fingerprint density at radius 2 is 2.11 bits per heavy atom. The van der Waals surface area contributed by atoms with Crippen LogP contribution >= 0.6 is 0 Å². The third-order valence-corrected chi connectivity index (χ3v) is 6.96. The number of pyridine rings is 1. The molecule has 0 spiro atoms. The summed E-state index contributed by atoms with van der Waals surface area (Å²) in [5.41, 5.74) is 1.02. The molecule has 2 aromatic heterocycles. The molecule has 1 aromatic carbocycles. The first kappa shape index (κ1) is 25.2. The van der Waals surface area contributed by atoms with Crippen LogP contribution in [0.2, 0.25) is 0 Å². The van der Waals surface area contributed by atoms with Crippen LogP contribution in [0.15, 0.2) is 40.9 Å². The standard InChI is InChI=1S/C26H29N7O5/c1-4-32(8-7-28-2)22(27)16-9-20-19(29-12-16)11-21(38-20)26(24(35)30-25(36)31-26)14-33-13-15-5-6-17(37-3)10-18(15)23(33)34/h5-6,9-12,27-28H,4,7-8,13-14H2,1-3H3,(H2,30,31,35,36)/t26-/m0/s1. The van der Waals surface area contributed by atoms with Gasteiger partial charge in [0, 0.05) is 49.6 Å². The lowest BCUT2D eigenvalue weighted by Gasteiger charge is -2.28. The van der Waals surface area contributed by atoms with Crippen LogP contribution in [0.4, 0.5) is 4.79 Å². The van der Waals surface area contributed by atoms with Crippen LogP contribution in [0.5, 0.6) is 5.75 Å². The van der Waals surface area contributed by atoms with Gasteiger partial charge in [-0.15, -0.1) is 0 Å². The van der Waals surface area contributed by atoms with Gasteiger partial charge in [0.25, 0.3) is 11.8 Å². The Labute approximate surface area is 218 Å². The van der Waals surface area contributed by atoms with Crippen LogP contribution in [0.1, 0.15) is 34.2 Å². The topological polar surface area (TPSA) is 153 Å². The molecule has 4 N–H and O–H groups in total. The molecule has 0 aliphatic carbocycles. The van der Waals surface area contributed by atoms with E-state index in [1.54, 1.807) is 30.5 Å². The maximum absolute atomic E-state index is 13.2. The van der Waals surface area contributed by atoms with Crippen LogP contribution < -0.4 is 20.7 Å². The first-order chi connectivity index (χ1) is 18.3. The van der Waals surface area contributed by atoms with Gasteiger partial charge in [-0.3, -0.25) is 25.3 Å². The Morgan fingerprint density at radius 3 is 2.79 bits per heavy atom. The van der Waals surface area contributed by atoms with Crippen molar-refractivity contribution in [1.82, 2.24) is 30.7 Å². The number of hydrogen-bond acceptors (Lipinski definition) is 8. The summed E-state index contributed by atoms with van der Waals surface area (Å²) in [4.78, 5) is 46.5. The first-order valence-electron chi connectivity index (χ1n) is 12.3. The molecule has 2 aliphatic heterocycles. The Balaban J connectivity index is 1.47. The Hall–Kier alpha value is -4.45. The van der Waals surface area contributed by atoms with E-state index in [1.165, 1.54) is 12.0 Å². The number of furan rings is 1. The minimum atomic E-state index is -1.64. The number of ether oxygens (including phenoxy) is 1. The van der Waals surface area contributed by atoms with Gasteiger partial charge >= 0.3 is 6.03 Å². The van der Waals surface area contributed by atoms with E-state index < -0.39 is 17.5 Å². The zero-order valence-corrected chi connectivity index (χ0v) is 21.4. The second kappa shape index (κ2) is 9.78. The molecule has 12 nitrogen and oxygen atoms in total. The molecule has 1 fully saturated rings. The van der Waals surface area contributed by atoms with Crippen LogP contribution in [0.3, 0.4) is 0 Å². The van der Waals surface area contributed by atoms with Gasteiger partial charge in [-0.05, 0) is 37.7 Å². The third-order valence-electron chi connectivity index (χ3n) is 6.96. The molecule has 12 heteroatoms. The van der Waals surface area contributed by atoms with Gasteiger partial charge in [0.1, 0.15) is 22.9 Å². The van der Waals surface area contributed by atoms with Gasteiger partial charge in [-0.2, -0.15) is 0 Å². The highest BCUT2D eigenvalue weighted by molar-refractivity contribution is 6.08. The fourth-order valence-corrected chi connectivity index (χ4v) is 4.85. The summed E-state index contributed by atoms with van der Waals surface area (Å²) < 4.78 is 11.3. The van der Waals surface area contributed by atoms with Crippen molar-refractivity contribution in [2.75, 3.05) is 40.3 Å². The van der Waals surface area contributed by atoms with Gasteiger partial charge in [-0.1, -0.05) is 6.07 Å². The largest absolute Gasteiger partial charge is 0.497 e. The molecule has 0 saturated carbocycles. The molecular weight excluding hydrogens is 490 g/mol. The molecule has 5 rings (SSSR count). The van der Waals surface area contributed by atoms with Crippen LogP contribution in [0, 0.1) is 5.41 Å². The Bertz CT molecular complexity index is 1450. The van der Waals surface area contributed by atoms with Crippen LogP contribution in [-0.4, -0.2) is 78.8 Å². The summed E-state index contributed by atoms with van der Waals surface area (Å²) in [6, 6.07) is 7.85. The number of nitrogens with zero attached hydrogens (tertiary/aromatic N) is 3. The summed E-state index contributed by atoms with van der Waals surface area (Å²) in [7, 11) is 3.38. The van der Waals surface area contributed by atoms with Gasteiger partial charge in [0.05, 0.1) is 13.7 Å². The Morgan fingerprint density at radius 1 is 1.29 bits per heavy atom. The minimum absolute atomic E-state index is 0.142. The van der Waals surface area contributed by atoms with E-state index >= 15 is 0 Å². The van der Waals surface area contributed by atoms with Crippen LogP contribution in [-0.2, 0) is 16.9 Å². The van der Waals surface area contributed by atoms with Gasteiger partial charge in [0.2, 0.25) is 0 Å². The summed E-state index contributed by atoms with van der Waals surface area (Å²) in [6.07, 6.45) is 1.58. The molecule has 4 heterocycles. The molecule has 4 amide bonds. The summed E-state index contributed by atoms with van der Waals surface area (Å²) in [5, 5.41) is 16.7. The number of carbonyl (C=O) groups is 3. The lowest BCUT2D eigenvalue weighted by atomic mass is 9.95. The molecule has 198 valence electrons. The van der Waals surface area contributed by atoms with Gasteiger partial charge < -0.3 is 29.6 Å². The minimum Gasteiger partial charge on any atom is -0.497 e. The average Bonchev–Trinajstić information content (AvgIpc) is 3.57. The molecule has 1 saturated heterocycles. The zero-order chi connectivity index (χ0) is 27.0. The van der Waals surface area contributed by atoms with E-state index in [4.69, 9.17) is 14.6 Å². The summed E-state index contributed by atoms with van der Waals surface area (Å²) >= 11 is 0. The maximum Gasteiger partial charge on any atom is 0.322 e. The second-order valence-electron chi connectivity index (χ2n) is 9.25. The fraction of sp³-hybridized carbons (Fsp3) is 0.346. The smallest absolute Gasteiger partial charge is 0.322 e. The predicted octanol–water partition coefficient (Wildman–Crippen LogP) is 1.39. The molecule has 38 heavy (non-hydrogen) atoms. The highest BCUT2D eigenvalue weighted by atomic mass is 16.5. The number of hydrogen-bond donors (Lipinski definition) is 4. The number of fused-ring (bicyclic) bond motifs is 2. The highest BCUT2D eigenvalue weighted by Crippen LogP contribution is 2.34. The van der Waals surface area contributed by atoms with E-state index in [9.17, 15) is 14.4 Å². The van der Waals surface area contributed by atoms with Gasteiger partial charge in [0.15, 0.2) is 11.1 Å². The van der Waals surface area contributed by atoms with Crippen molar-refractivity contribution >= 4 is 34.8 Å². The predicted molar refractivity (Wildman–Crippen MR) is 138 cm³/mol. The number of methoxy groups -OCH3 is 1.